The molecule has 0 radical (unpaired) electrons. The average Bonchev–Trinajstić information content (AvgIpc) is 2.74. The van der Waals surface area contributed by atoms with E-state index in [1.54, 1.807) is 18.2 Å². The van der Waals surface area contributed by atoms with Gasteiger partial charge in [0.15, 0.2) is 5.78 Å². The molecule has 0 atom stereocenters. The Morgan fingerprint density at radius 1 is 1.24 bits per heavy atom. The van der Waals surface area contributed by atoms with Crippen molar-refractivity contribution in [2.75, 3.05) is 6.61 Å². The zero-order chi connectivity index (χ0) is 15.2. The molecule has 1 aliphatic heterocycles. The van der Waals surface area contributed by atoms with Gasteiger partial charge in [-0.25, -0.2) is 4.39 Å². The van der Waals surface area contributed by atoms with E-state index in [4.69, 9.17) is 4.74 Å². The van der Waals surface area contributed by atoms with Crippen molar-refractivity contribution in [3.63, 3.8) is 0 Å². The van der Waals surface area contributed by atoms with E-state index in [0.717, 1.165) is 11.3 Å². The molecule has 2 aromatic rings. The summed E-state index contributed by atoms with van der Waals surface area (Å²) in [5.74, 6) is -0.0382. The van der Waals surface area contributed by atoms with Gasteiger partial charge in [-0.05, 0) is 36.4 Å². The zero-order valence-electron chi connectivity index (χ0n) is 11.7. The maximum absolute atomic E-state index is 13.9. The van der Waals surface area contributed by atoms with E-state index in [1.807, 2.05) is 6.07 Å². The summed E-state index contributed by atoms with van der Waals surface area (Å²) < 4.78 is 20.2. The molecular weight excluding hydrogens is 335 g/mol. The number of hydrogen-bond acceptors (Lipinski definition) is 2. The first-order valence-electron chi connectivity index (χ1n) is 6.65. The molecule has 0 aliphatic carbocycles. The molecular formula is C17H14BrFO2. The Balaban J connectivity index is 2.03. The fourth-order valence-electron chi connectivity index (χ4n) is 2.49. The van der Waals surface area contributed by atoms with E-state index >= 15 is 0 Å². The third-order valence-corrected chi connectivity index (χ3v) is 4.23. The first kappa shape index (κ1) is 14.3. The minimum atomic E-state index is -0.523. The fraction of sp³-hybridized carbons (Fsp3) is 0.235. The van der Waals surface area contributed by atoms with Gasteiger partial charge in [-0.1, -0.05) is 29.8 Å². The van der Waals surface area contributed by atoms with Gasteiger partial charge in [-0.2, -0.15) is 0 Å². The lowest BCUT2D eigenvalue weighted by Crippen LogP contribution is -2.18. The SMILES string of the molecule is CC1(C)COc2ccc(C(=O)c3ccc(Br)cc3F)cc21. The molecule has 0 spiro atoms. The van der Waals surface area contributed by atoms with Crippen LogP contribution >= 0.6 is 15.9 Å². The van der Waals surface area contributed by atoms with Crippen LogP contribution in [0.3, 0.4) is 0 Å². The standard InChI is InChI=1S/C17H14BrFO2/c1-17(2)9-21-15-6-3-10(7-13(15)17)16(20)12-5-4-11(18)8-14(12)19/h3-8H,9H2,1-2H3. The van der Waals surface area contributed by atoms with Gasteiger partial charge in [-0.3, -0.25) is 4.79 Å². The minimum absolute atomic E-state index is 0.0786. The normalized spacial score (nSPS) is 15.4. The van der Waals surface area contributed by atoms with Crippen molar-refractivity contribution in [1.82, 2.24) is 0 Å². The number of benzene rings is 2. The quantitative estimate of drug-likeness (QED) is 0.747. The third kappa shape index (κ3) is 2.48. The van der Waals surface area contributed by atoms with Crippen LogP contribution in [0.1, 0.15) is 35.3 Å². The highest BCUT2D eigenvalue weighted by Gasteiger charge is 2.32. The van der Waals surface area contributed by atoms with E-state index in [9.17, 15) is 9.18 Å². The monoisotopic (exact) mass is 348 g/mol. The predicted octanol–water partition coefficient (Wildman–Crippen LogP) is 4.49. The van der Waals surface area contributed by atoms with Crippen LogP contribution in [0.4, 0.5) is 4.39 Å². The Bertz CT molecular complexity index is 738. The second-order valence-corrected chi connectivity index (χ2v) is 6.75. The zero-order valence-corrected chi connectivity index (χ0v) is 13.3. The summed E-state index contributed by atoms with van der Waals surface area (Å²) in [7, 11) is 0. The number of rotatable bonds is 2. The molecule has 0 unspecified atom stereocenters. The van der Waals surface area contributed by atoms with Gasteiger partial charge >= 0.3 is 0 Å². The second-order valence-electron chi connectivity index (χ2n) is 5.84. The number of halogens is 2. The highest BCUT2D eigenvalue weighted by Crippen LogP contribution is 2.39. The molecule has 0 bridgehead atoms. The lowest BCUT2D eigenvalue weighted by atomic mass is 9.85. The van der Waals surface area contributed by atoms with Crippen LogP contribution in [0.2, 0.25) is 0 Å². The molecule has 0 fully saturated rings. The van der Waals surface area contributed by atoms with Crippen molar-refractivity contribution in [1.29, 1.82) is 0 Å². The van der Waals surface area contributed by atoms with Crippen molar-refractivity contribution >= 4 is 21.7 Å². The smallest absolute Gasteiger partial charge is 0.195 e. The van der Waals surface area contributed by atoms with E-state index < -0.39 is 5.82 Å². The molecule has 108 valence electrons. The molecule has 0 saturated carbocycles. The summed E-state index contributed by atoms with van der Waals surface area (Å²) in [6.45, 7) is 4.72. The predicted molar refractivity (Wildman–Crippen MR) is 82.5 cm³/mol. The molecule has 0 amide bonds. The van der Waals surface area contributed by atoms with Crippen molar-refractivity contribution in [3.05, 3.63) is 63.4 Å². The number of carbonyl (C=O) groups is 1. The summed E-state index contributed by atoms with van der Waals surface area (Å²) in [4.78, 5) is 12.5. The van der Waals surface area contributed by atoms with Gasteiger partial charge in [0, 0.05) is 21.0 Å². The van der Waals surface area contributed by atoms with Crippen LogP contribution in [0.5, 0.6) is 5.75 Å². The van der Waals surface area contributed by atoms with Gasteiger partial charge in [0.25, 0.3) is 0 Å². The molecule has 3 rings (SSSR count). The van der Waals surface area contributed by atoms with E-state index in [1.165, 1.54) is 12.1 Å². The summed E-state index contributed by atoms with van der Waals surface area (Å²) in [5.41, 5.74) is 1.42. The van der Waals surface area contributed by atoms with Crippen molar-refractivity contribution in [2.24, 2.45) is 0 Å². The molecule has 1 heterocycles. The van der Waals surface area contributed by atoms with Crippen LogP contribution in [-0.2, 0) is 5.41 Å². The summed E-state index contributed by atoms with van der Waals surface area (Å²) in [6.07, 6.45) is 0. The lowest BCUT2D eigenvalue weighted by Gasteiger charge is -2.15. The van der Waals surface area contributed by atoms with Crippen molar-refractivity contribution in [3.8, 4) is 5.75 Å². The first-order valence-corrected chi connectivity index (χ1v) is 7.45. The molecule has 4 heteroatoms. The van der Waals surface area contributed by atoms with Crippen LogP contribution < -0.4 is 4.74 Å². The highest BCUT2D eigenvalue weighted by molar-refractivity contribution is 9.10. The van der Waals surface area contributed by atoms with Gasteiger partial charge < -0.3 is 4.74 Å². The number of carbonyl (C=O) groups excluding carboxylic acids is 1. The largest absolute Gasteiger partial charge is 0.492 e. The Morgan fingerprint density at radius 2 is 2.00 bits per heavy atom. The lowest BCUT2D eigenvalue weighted by molar-refractivity contribution is 0.103. The van der Waals surface area contributed by atoms with E-state index in [0.29, 0.717) is 16.6 Å². The fourth-order valence-corrected chi connectivity index (χ4v) is 2.82. The molecule has 2 nitrogen and oxygen atoms in total. The van der Waals surface area contributed by atoms with Crippen LogP contribution in [0.15, 0.2) is 40.9 Å². The molecule has 0 N–H and O–H groups in total. The Labute approximate surface area is 131 Å². The molecule has 2 aromatic carbocycles. The summed E-state index contributed by atoms with van der Waals surface area (Å²) in [5, 5.41) is 0. The van der Waals surface area contributed by atoms with Crippen LogP contribution in [0.25, 0.3) is 0 Å². The third-order valence-electron chi connectivity index (χ3n) is 3.74. The topological polar surface area (TPSA) is 26.3 Å². The summed E-state index contributed by atoms with van der Waals surface area (Å²) >= 11 is 3.19. The number of ketones is 1. The summed E-state index contributed by atoms with van der Waals surface area (Å²) in [6, 6.07) is 9.74. The number of ether oxygens (including phenoxy) is 1. The molecule has 0 aromatic heterocycles. The first-order chi connectivity index (χ1) is 9.88. The van der Waals surface area contributed by atoms with Gasteiger partial charge in [-0.15, -0.1) is 0 Å². The van der Waals surface area contributed by atoms with Crippen molar-refractivity contribution in [2.45, 2.75) is 19.3 Å². The maximum atomic E-state index is 13.9. The Hall–Kier alpha value is -1.68. The Morgan fingerprint density at radius 3 is 2.71 bits per heavy atom. The van der Waals surface area contributed by atoms with Crippen LogP contribution in [0, 0.1) is 5.82 Å². The highest BCUT2D eigenvalue weighted by atomic mass is 79.9. The second kappa shape index (κ2) is 4.95. The number of hydrogen-bond donors (Lipinski definition) is 0. The van der Waals surface area contributed by atoms with Crippen molar-refractivity contribution < 1.29 is 13.9 Å². The molecule has 21 heavy (non-hydrogen) atoms. The van der Waals surface area contributed by atoms with Gasteiger partial charge in [0.1, 0.15) is 11.6 Å². The van der Waals surface area contributed by atoms with Crippen LogP contribution in [-0.4, -0.2) is 12.4 Å². The van der Waals surface area contributed by atoms with E-state index in [-0.39, 0.29) is 16.8 Å². The van der Waals surface area contributed by atoms with E-state index in [2.05, 4.69) is 29.8 Å². The minimum Gasteiger partial charge on any atom is -0.492 e. The van der Waals surface area contributed by atoms with Gasteiger partial charge in [0.05, 0.1) is 12.2 Å². The Kier molecular flexibility index (Phi) is 3.36. The molecule has 1 aliphatic rings. The number of fused-ring (bicyclic) bond motifs is 1. The average molecular weight is 349 g/mol. The molecule has 0 saturated heterocycles. The van der Waals surface area contributed by atoms with Gasteiger partial charge in [0.2, 0.25) is 0 Å². The maximum Gasteiger partial charge on any atom is 0.195 e.